The van der Waals surface area contributed by atoms with Crippen LogP contribution in [0, 0.1) is 12.7 Å². The predicted molar refractivity (Wildman–Crippen MR) is 82.0 cm³/mol. The van der Waals surface area contributed by atoms with Crippen molar-refractivity contribution in [1.29, 1.82) is 0 Å². The Hall–Kier alpha value is -2.05. The highest BCUT2D eigenvalue weighted by molar-refractivity contribution is 7.18. The first-order valence-corrected chi connectivity index (χ1v) is 7.23. The lowest BCUT2D eigenvalue weighted by Gasteiger charge is -1.95. The molecule has 0 aliphatic heterocycles. The van der Waals surface area contributed by atoms with Crippen LogP contribution < -0.4 is 5.56 Å². The van der Waals surface area contributed by atoms with E-state index in [9.17, 15) is 9.18 Å². The van der Waals surface area contributed by atoms with E-state index in [0.717, 1.165) is 0 Å². The molecule has 0 saturated carbocycles. The zero-order chi connectivity index (χ0) is 15.0. The third-order valence-electron chi connectivity index (χ3n) is 2.72. The van der Waals surface area contributed by atoms with E-state index >= 15 is 0 Å². The third-order valence-corrected chi connectivity index (χ3v) is 4.06. The number of hydrogen-bond acceptors (Lipinski definition) is 4. The van der Waals surface area contributed by atoms with Crippen molar-refractivity contribution < 1.29 is 4.39 Å². The second-order valence-electron chi connectivity index (χ2n) is 4.38. The fraction of sp³-hybridized carbons (Fsp3) is 0.0714. The largest absolute Gasteiger partial charge is 0.275 e. The quantitative estimate of drug-likeness (QED) is 0.727. The lowest BCUT2D eigenvalue weighted by Crippen LogP contribution is -2.14. The summed E-state index contributed by atoms with van der Waals surface area (Å²) < 4.78 is 14.3. The normalized spacial score (nSPS) is 12.0. The van der Waals surface area contributed by atoms with Gasteiger partial charge in [-0.25, -0.2) is 9.37 Å². The Labute approximate surface area is 128 Å². The molecule has 3 rings (SSSR count). The Balaban J connectivity index is 2.07. The van der Waals surface area contributed by atoms with Gasteiger partial charge in [-0.15, -0.1) is 0 Å². The van der Waals surface area contributed by atoms with Gasteiger partial charge in [-0.05, 0) is 30.7 Å². The van der Waals surface area contributed by atoms with E-state index in [1.165, 1.54) is 34.1 Å². The van der Waals surface area contributed by atoms with Crippen LogP contribution in [0.25, 0.3) is 16.1 Å². The van der Waals surface area contributed by atoms with Crippen molar-refractivity contribution in [2.24, 2.45) is 0 Å². The zero-order valence-corrected chi connectivity index (χ0v) is 12.5. The van der Waals surface area contributed by atoms with Gasteiger partial charge in [0, 0.05) is 11.8 Å². The fourth-order valence-electron chi connectivity index (χ4n) is 1.82. The number of hydrogen-bond donors (Lipinski definition) is 0. The van der Waals surface area contributed by atoms with E-state index in [1.54, 1.807) is 25.1 Å². The molecule has 2 aromatic heterocycles. The SMILES string of the molecule is Cc1cc(=O)n2nc(/C(Cl)=C/c3cccc(F)c3)sc2n1. The second kappa shape index (κ2) is 5.38. The van der Waals surface area contributed by atoms with Crippen LogP contribution in [0.15, 0.2) is 35.1 Å². The molecule has 0 atom stereocenters. The average molecular weight is 322 g/mol. The molecule has 0 amide bonds. The van der Waals surface area contributed by atoms with Gasteiger partial charge in [0.15, 0.2) is 5.01 Å². The Morgan fingerprint density at radius 2 is 2.24 bits per heavy atom. The van der Waals surface area contributed by atoms with E-state index in [4.69, 9.17) is 11.6 Å². The van der Waals surface area contributed by atoms with E-state index in [1.807, 2.05) is 0 Å². The summed E-state index contributed by atoms with van der Waals surface area (Å²) in [5, 5.41) is 4.92. The molecule has 0 bridgehead atoms. The van der Waals surface area contributed by atoms with E-state index in [-0.39, 0.29) is 11.4 Å². The Morgan fingerprint density at radius 3 is 3.00 bits per heavy atom. The summed E-state index contributed by atoms with van der Waals surface area (Å²) in [7, 11) is 0. The van der Waals surface area contributed by atoms with Crippen LogP contribution in [0.4, 0.5) is 4.39 Å². The van der Waals surface area contributed by atoms with Crippen molar-refractivity contribution in [1.82, 2.24) is 14.6 Å². The first kappa shape index (κ1) is 13.9. The van der Waals surface area contributed by atoms with Crippen molar-refractivity contribution in [2.45, 2.75) is 6.92 Å². The molecule has 1 aromatic carbocycles. The molecule has 0 radical (unpaired) electrons. The van der Waals surface area contributed by atoms with Gasteiger partial charge >= 0.3 is 0 Å². The van der Waals surface area contributed by atoms with Crippen LogP contribution in [-0.4, -0.2) is 14.6 Å². The van der Waals surface area contributed by atoms with E-state index < -0.39 is 0 Å². The molecule has 0 fully saturated rings. The van der Waals surface area contributed by atoms with Gasteiger partial charge in [0.05, 0.1) is 5.03 Å². The van der Waals surface area contributed by atoms with Crippen LogP contribution in [0.2, 0.25) is 0 Å². The van der Waals surface area contributed by atoms with Gasteiger partial charge in [0.25, 0.3) is 5.56 Å². The van der Waals surface area contributed by atoms with Crippen LogP contribution in [0.1, 0.15) is 16.3 Å². The van der Waals surface area contributed by atoms with Gasteiger partial charge < -0.3 is 0 Å². The lowest BCUT2D eigenvalue weighted by atomic mass is 10.2. The zero-order valence-electron chi connectivity index (χ0n) is 10.9. The number of fused-ring (bicyclic) bond motifs is 1. The van der Waals surface area contributed by atoms with Crippen molar-refractivity contribution in [3.05, 3.63) is 62.8 Å². The third kappa shape index (κ3) is 2.86. The molecular weight excluding hydrogens is 313 g/mol. The number of rotatable bonds is 2. The van der Waals surface area contributed by atoms with Gasteiger partial charge in [0.2, 0.25) is 4.96 Å². The second-order valence-corrected chi connectivity index (χ2v) is 5.75. The van der Waals surface area contributed by atoms with E-state index in [2.05, 4.69) is 10.1 Å². The number of halogens is 2. The minimum atomic E-state index is -0.342. The number of aromatic nitrogens is 3. The van der Waals surface area contributed by atoms with E-state index in [0.29, 0.717) is 26.3 Å². The summed E-state index contributed by atoms with van der Waals surface area (Å²) >= 11 is 7.40. The monoisotopic (exact) mass is 321 g/mol. The summed E-state index contributed by atoms with van der Waals surface area (Å²) in [6, 6.07) is 7.45. The van der Waals surface area contributed by atoms with Crippen LogP contribution in [0.5, 0.6) is 0 Å². The van der Waals surface area contributed by atoms with Crippen LogP contribution in [-0.2, 0) is 0 Å². The molecule has 0 unspecified atom stereocenters. The highest BCUT2D eigenvalue weighted by Gasteiger charge is 2.10. The minimum Gasteiger partial charge on any atom is -0.267 e. The van der Waals surface area contributed by atoms with Crippen molar-refractivity contribution in [3.63, 3.8) is 0 Å². The predicted octanol–water partition coefficient (Wildman–Crippen LogP) is 3.34. The number of aryl methyl sites for hydroxylation is 1. The lowest BCUT2D eigenvalue weighted by molar-refractivity contribution is 0.627. The molecule has 2 heterocycles. The van der Waals surface area contributed by atoms with Crippen LogP contribution in [0.3, 0.4) is 0 Å². The molecule has 0 saturated heterocycles. The maximum absolute atomic E-state index is 13.1. The highest BCUT2D eigenvalue weighted by Crippen LogP contribution is 2.26. The maximum atomic E-state index is 13.1. The smallest absolute Gasteiger partial charge is 0.267 e. The Bertz CT molecular complexity index is 916. The van der Waals surface area contributed by atoms with Crippen molar-refractivity contribution in [2.75, 3.05) is 0 Å². The molecule has 0 N–H and O–H groups in total. The van der Waals surface area contributed by atoms with Crippen molar-refractivity contribution in [3.8, 4) is 0 Å². The molecule has 4 nitrogen and oxygen atoms in total. The Kier molecular flexibility index (Phi) is 3.57. The standard InChI is InChI=1S/C14H9ClFN3OS/c1-8-5-12(20)19-14(17-8)21-13(18-19)11(15)7-9-3-2-4-10(16)6-9/h2-7H,1H3/b11-7-. The molecular formula is C14H9ClFN3OS. The highest BCUT2D eigenvalue weighted by atomic mass is 35.5. The molecule has 106 valence electrons. The van der Waals surface area contributed by atoms with Gasteiger partial charge in [-0.2, -0.15) is 9.61 Å². The Morgan fingerprint density at radius 1 is 1.43 bits per heavy atom. The first-order valence-electron chi connectivity index (χ1n) is 6.03. The van der Waals surface area contributed by atoms with Gasteiger partial charge in [0.1, 0.15) is 5.82 Å². The molecule has 0 aliphatic carbocycles. The summed E-state index contributed by atoms with van der Waals surface area (Å²) in [5.41, 5.74) is 0.992. The average Bonchev–Trinajstić information content (AvgIpc) is 2.83. The van der Waals surface area contributed by atoms with Gasteiger partial charge in [-0.1, -0.05) is 35.1 Å². The topological polar surface area (TPSA) is 47.3 Å². The summed E-state index contributed by atoms with van der Waals surface area (Å²) in [4.78, 5) is 16.5. The summed E-state index contributed by atoms with van der Waals surface area (Å²) in [6.07, 6.45) is 1.60. The first-order chi connectivity index (χ1) is 10.0. The van der Waals surface area contributed by atoms with Crippen molar-refractivity contribution >= 4 is 39.0 Å². The molecule has 0 spiro atoms. The van der Waals surface area contributed by atoms with Gasteiger partial charge in [-0.3, -0.25) is 4.79 Å². The van der Waals surface area contributed by atoms with Crippen LogP contribution >= 0.6 is 22.9 Å². The summed E-state index contributed by atoms with van der Waals surface area (Å²) in [6.45, 7) is 1.74. The maximum Gasteiger partial charge on any atom is 0.275 e. The fourth-order valence-corrected chi connectivity index (χ4v) is 2.96. The molecule has 21 heavy (non-hydrogen) atoms. The molecule has 0 aliphatic rings. The number of benzene rings is 1. The summed E-state index contributed by atoms with van der Waals surface area (Å²) in [5.74, 6) is -0.342. The molecule has 3 aromatic rings. The minimum absolute atomic E-state index is 0.254. The number of nitrogens with zero attached hydrogens (tertiary/aromatic N) is 3. The molecule has 7 heteroatoms.